The molecule has 2 atom stereocenters. The van der Waals surface area contributed by atoms with Crippen molar-refractivity contribution in [2.24, 2.45) is 11.7 Å². The molecule has 0 radical (unpaired) electrons. The molecule has 0 aliphatic carbocycles. The summed E-state index contributed by atoms with van der Waals surface area (Å²) >= 11 is 0. The van der Waals surface area contributed by atoms with Gasteiger partial charge in [-0.25, -0.2) is 0 Å². The predicted octanol–water partition coefficient (Wildman–Crippen LogP) is 4.61. The molecule has 1 saturated heterocycles. The van der Waals surface area contributed by atoms with Crippen LogP contribution in [0.5, 0.6) is 0 Å². The molecule has 2 aliphatic rings. The molecule has 2 N–H and O–H groups in total. The first kappa shape index (κ1) is 26.7. The van der Waals surface area contributed by atoms with Crippen molar-refractivity contribution in [3.8, 4) is 0 Å². The van der Waals surface area contributed by atoms with E-state index in [1.165, 1.54) is 6.26 Å². The first-order valence-corrected chi connectivity index (χ1v) is 13.6. The second-order valence-corrected chi connectivity index (χ2v) is 10.9. The maximum Gasteiger partial charge on any atom is 0.294 e. The number of nitrogens with two attached hydrogens (primary N) is 1. The number of furan rings is 1. The van der Waals surface area contributed by atoms with E-state index < -0.39 is 0 Å². The molecular formula is C31H36N4O4. The molecule has 0 saturated carbocycles. The Bertz CT molecular complexity index is 1340. The highest BCUT2D eigenvalue weighted by Gasteiger charge is 2.40. The first-order valence-electron chi connectivity index (χ1n) is 13.6. The van der Waals surface area contributed by atoms with E-state index in [1.54, 1.807) is 17.0 Å². The van der Waals surface area contributed by atoms with Crippen LogP contribution in [-0.4, -0.2) is 48.3 Å². The quantitative estimate of drug-likeness (QED) is 0.504. The summed E-state index contributed by atoms with van der Waals surface area (Å²) in [6.45, 7) is 7.63. The highest BCUT2D eigenvalue weighted by atomic mass is 16.3. The fourth-order valence-corrected chi connectivity index (χ4v) is 5.87. The van der Waals surface area contributed by atoms with Gasteiger partial charge in [0.2, 0.25) is 11.8 Å². The number of fused-ring (bicyclic) bond motifs is 1. The van der Waals surface area contributed by atoms with E-state index in [0.717, 1.165) is 28.1 Å². The van der Waals surface area contributed by atoms with Gasteiger partial charge in [-0.15, -0.1) is 0 Å². The molecule has 3 aromatic rings. The maximum absolute atomic E-state index is 14.1. The van der Waals surface area contributed by atoms with E-state index >= 15 is 0 Å². The monoisotopic (exact) mass is 528 g/mol. The Labute approximate surface area is 229 Å². The average Bonchev–Trinajstić information content (AvgIpc) is 3.45. The van der Waals surface area contributed by atoms with Crippen molar-refractivity contribution in [2.45, 2.75) is 52.1 Å². The van der Waals surface area contributed by atoms with Gasteiger partial charge in [-0.05, 0) is 89.0 Å². The van der Waals surface area contributed by atoms with Crippen molar-refractivity contribution >= 4 is 29.1 Å². The van der Waals surface area contributed by atoms with Crippen LogP contribution >= 0.6 is 0 Å². The Kier molecular flexibility index (Phi) is 7.57. The number of benzene rings is 2. The molecular weight excluding hydrogens is 492 g/mol. The topological polar surface area (TPSA) is 100 Å². The number of piperidine rings is 1. The lowest BCUT2D eigenvalue weighted by atomic mass is 9.88. The molecule has 39 heavy (non-hydrogen) atoms. The van der Waals surface area contributed by atoms with Gasteiger partial charge < -0.3 is 20.0 Å². The van der Waals surface area contributed by atoms with Crippen LogP contribution in [0.2, 0.25) is 0 Å². The molecule has 0 spiro atoms. The van der Waals surface area contributed by atoms with E-state index in [0.29, 0.717) is 32.4 Å². The zero-order valence-electron chi connectivity index (χ0n) is 22.8. The smallest absolute Gasteiger partial charge is 0.294 e. The molecule has 3 heterocycles. The largest absolute Gasteiger partial charge is 0.459 e. The number of rotatable bonds is 6. The normalized spacial score (nSPS) is 19.9. The van der Waals surface area contributed by atoms with Gasteiger partial charge in [0.05, 0.1) is 18.8 Å². The van der Waals surface area contributed by atoms with Gasteiger partial charge in [-0.3, -0.25) is 19.3 Å². The number of hydrogen-bond acceptors (Lipinski definition) is 5. The van der Waals surface area contributed by atoms with Crippen molar-refractivity contribution in [3.05, 3.63) is 83.3 Å². The Hall–Kier alpha value is -3.91. The minimum absolute atomic E-state index is 0.00755. The van der Waals surface area contributed by atoms with Crippen LogP contribution < -0.4 is 15.5 Å². The van der Waals surface area contributed by atoms with Crippen molar-refractivity contribution in [1.82, 2.24) is 4.90 Å². The third-order valence-electron chi connectivity index (χ3n) is 8.00. The van der Waals surface area contributed by atoms with E-state index in [-0.39, 0.29) is 48.0 Å². The number of anilines is 2. The van der Waals surface area contributed by atoms with Crippen LogP contribution in [0.3, 0.4) is 0 Å². The summed E-state index contributed by atoms with van der Waals surface area (Å²) in [5, 5.41) is 0. The predicted molar refractivity (Wildman–Crippen MR) is 151 cm³/mol. The summed E-state index contributed by atoms with van der Waals surface area (Å²) in [6, 6.07) is 17.0. The van der Waals surface area contributed by atoms with Crippen LogP contribution in [0, 0.1) is 19.8 Å². The van der Waals surface area contributed by atoms with Gasteiger partial charge in [-0.1, -0.05) is 35.4 Å². The zero-order valence-corrected chi connectivity index (χ0v) is 22.8. The third kappa shape index (κ3) is 5.47. The first-order chi connectivity index (χ1) is 18.7. The molecule has 8 heteroatoms. The summed E-state index contributed by atoms with van der Waals surface area (Å²) in [7, 11) is 0. The van der Waals surface area contributed by atoms with Gasteiger partial charge in [0, 0.05) is 23.3 Å². The number of aryl methyl sites for hydroxylation is 2. The third-order valence-corrected chi connectivity index (χ3v) is 8.00. The zero-order chi connectivity index (χ0) is 27.7. The fraction of sp³-hybridized carbons (Fsp3) is 0.387. The van der Waals surface area contributed by atoms with Gasteiger partial charge in [0.1, 0.15) is 0 Å². The Balaban J connectivity index is 1.50. The van der Waals surface area contributed by atoms with Gasteiger partial charge in [0.25, 0.3) is 5.91 Å². The summed E-state index contributed by atoms with van der Waals surface area (Å²) in [5.74, 6) is -0.304. The van der Waals surface area contributed by atoms with Crippen LogP contribution in [0.25, 0.3) is 0 Å². The summed E-state index contributed by atoms with van der Waals surface area (Å²) in [4.78, 5) is 45.0. The van der Waals surface area contributed by atoms with Crippen LogP contribution in [0.4, 0.5) is 11.4 Å². The van der Waals surface area contributed by atoms with E-state index in [1.807, 2.05) is 62.1 Å². The summed E-state index contributed by atoms with van der Waals surface area (Å²) < 4.78 is 5.45. The number of primary amides is 1. The molecule has 2 aliphatic heterocycles. The van der Waals surface area contributed by atoms with Crippen molar-refractivity contribution < 1.29 is 18.8 Å². The number of carbonyl (C=O) groups excluding carboxylic acids is 3. The fourth-order valence-electron chi connectivity index (χ4n) is 5.87. The number of amides is 3. The SMILES string of the molecule is Cc1ccc(N(C(=O)CN2CCC(C(N)=O)CC2)C2CC(C)N(C(=O)c3ccco3)c3ccc(C)cc32)cc1. The second kappa shape index (κ2) is 11.1. The number of likely N-dealkylation sites (tertiary alicyclic amines) is 1. The Morgan fingerprint density at radius 2 is 1.69 bits per heavy atom. The highest BCUT2D eigenvalue weighted by Crippen LogP contribution is 2.43. The van der Waals surface area contributed by atoms with Crippen LogP contribution in [0.1, 0.15) is 59.5 Å². The summed E-state index contributed by atoms with van der Waals surface area (Å²) in [5.41, 5.74) is 10.2. The summed E-state index contributed by atoms with van der Waals surface area (Å²) in [6.07, 6.45) is 3.41. The standard InChI is InChI=1S/C31H36N4O4/c1-20-6-9-24(10-7-20)35(29(36)19-33-14-12-23(13-15-33)30(32)37)27-18-22(3)34(31(38)28-5-4-16-39-28)26-11-8-21(2)17-25(26)27/h4-11,16-17,22-23,27H,12-15,18-19H2,1-3H3,(H2,32,37). The van der Waals surface area contributed by atoms with Crippen LogP contribution in [-0.2, 0) is 9.59 Å². The molecule has 204 valence electrons. The van der Waals surface area contributed by atoms with Crippen molar-refractivity contribution in [3.63, 3.8) is 0 Å². The van der Waals surface area contributed by atoms with E-state index in [2.05, 4.69) is 11.0 Å². The van der Waals surface area contributed by atoms with Crippen molar-refractivity contribution in [1.29, 1.82) is 0 Å². The Morgan fingerprint density at radius 3 is 2.33 bits per heavy atom. The molecule has 0 bridgehead atoms. The minimum atomic E-state index is -0.265. The molecule has 5 rings (SSSR count). The lowest BCUT2D eigenvalue weighted by Crippen LogP contribution is -2.50. The average molecular weight is 529 g/mol. The maximum atomic E-state index is 14.1. The van der Waals surface area contributed by atoms with Crippen LogP contribution in [0.15, 0.2) is 65.3 Å². The lowest BCUT2D eigenvalue weighted by Gasteiger charge is -2.44. The van der Waals surface area contributed by atoms with Crippen molar-refractivity contribution in [2.75, 3.05) is 29.4 Å². The highest BCUT2D eigenvalue weighted by molar-refractivity contribution is 6.06. The molecule has 8 nitrogen and oxygen atoms in total. The minimum Gasteiger partial charge on any atom is -0.459 e. The number of carbonyl (C=O) groups is 3. The van der Waals surface area contributed by atoms with Gasteiger partial charge in [0.15, 0.2) is 5.76 Å². The van der Waals surface area contributed by atoms with E-state index in [9.17, 15) is 14.4 Å². The molecule has 1 aromatic heterocycles. The molecule has 2 aromatic carbocycles. The second-order valence-electron chi connectivity index (χ2n) is 10.9. The molecule has 1 fully saturated rings. The number of nitrogens with zero attached hydrogens (tertiary/aromatic N) is 3. The Morgan fingerprint density at radius 1 is 1.00 bits per heavy atom. The molecule has 3 amide bonds. The molecule has 2 unspecified atom stereocenters. The van der Waals surface area contributed by atoms with Gasteiger partial charge in [-0.2, -0.15) is 0 Å². The number of hydrogen-bond donors (Lipinski definition) is 1. The lowest BCUT2D eigenvalue weighted by molar-refractivity contribution is -0.123. The van der Waals surface area contributed by atoms with E-state index in [4.69, 9.17) is 10.2 Å². The van der Waals surface area contributed by atoms with Gasteiger partial charge >= 0.3 is 0 Å².